The lowest BCUT2D eigenvalue weighted by molar-refractivity contribution is 0.383. The molecular formula is C15H19BrN2O2S. The van der Waals surface area contributed by atoms with Gasteiger partial charge in [-0.1, -0.05) is 6.92 Å². The molecule has 4 nitrogen and oxygen atoms in total. The van der Waals surface area contributed by atoms with Gasteiger partial charge in [-0.25, -0.2) is 0 Å². The van der Waals surface area contributed by atoms with Crippen LogP contribution in [0.3, 0.4) is 0 Å². The molecule has 1 aromatic heterocycles. The van der Waals surface area contributed by atoms with Crippen LogP contribution < -0.4 is 14.8 Å². The number of nitrogens with zero attached hydrogens (tertiary/aromatic N) is 1. The van der Waals surface area contributed by atoms with E-state index in [1.165, 1.54) is 4.88 Å². The highest BCUT2D eigenvalue weighted by Gasteiger charge is 2.22. The highest BCUT2D eigenvalue weighted by molar-refractivity contribution is 9.10. The van der Waals surface area contributed by atoms with Crippen molar-refractivity contribution < 1.29 is 9.47 Å². The Balaban J connectivity index is 2.46. The SMILES string of the molecule is CCCNC(c1cncs1)c1ccc(OC)c(Br)c1OC. The van der Waals surface area contributed by atoms with E-state index in [4.69, 9.17) is 9.47 Å². The topological polar surface area (TPSA) is 43.4 Å². The summed E-state index contributed by atoms with van der Waals surface area (Å²) in [5.41, 5.74) is 2.92. The third kappa shape index (κ3) is 3.56. The fourth-order valence-corrected chi connectivity index (χ4v) is 3.56. The molecule has 6 heteroatoms. The Morgan fingerprint density at radius 1 is 1.33 bits per heavy atom. The van der Waals surface area contributed by atoms with Crippen molar-refractivity contribution in [1.29, 1.82) is 0 Å². The second kappa shape index (κ2) is 7.77. The maximum absolute atomic E-state index is 5.59. The molecule has 0 spiro atoms. The average molecular weight is 371 g/mol. The maximum atomic E-state index is 5.59. The average Bonchev–Trinajstić information content (AvgIpc) is 3.02. The molecule has 1 aromatic carbocycles. The van der Waals surface area contributed by atoms with E-state index >= 15 is 0 Å². The number of hydrogen-bond acceptors (Lipinski definition) is 5. The number of hydrogen-bond donors (Lipinski definition) is 1. The first-order chi connectivity index (χ1) is 10.2. The maximum Gasteiger partial charge on any atom is 0.141 e. The van der Waals surface area contributed by atoms with Crippen molar-refractivity contribution >= 4 is 27.3 Å². The van der Waals surface area contributed by atoms with Crippen LogP contribution >= 0.6 is 27.3 Å². The zero-order valence-electron chi connectivity index (χ0n) is 12.4. The second-order valence-electron chi connectivity index (χ2n) is 4.50. The van der Waals surface area contributed by atoms with Gasteiger partial charge in [0.15, 0.2) is 0 Å². The van der Waals surface area contributed by atoms with Crippen LogP contribution in [0, 0.1) is 0 Å². The van der Waals surface area contributed by atoms with Crippen molar-refractivity contribution in [3.05, 3.63) is 38.8 Å². The minimum absolute atomic E-state index is 0.0645. The van der Waals surface area contributed by atoms with E-state index in [1.54, 1.807) is 25.6 Å². The molecule has 0 aliphatic heterocycles. The zero-order valence-corrected chi connectivity index (χ0v) is 14.8. The molecule has 1 heterocycles. The van der Waals surface area contributed by atoms with E-state index in [2.05, 4.69) is 33.2 Å². The number of nitrogens with one attached hydrogen (secondary N) is 1. The van der Waals surface area contributed by atoms with Gasteiger partial charge in [-0.15, -0.1) is 11.3 Å². The molecule has 1 N–H and O–H groups in total. The van der Waals surface area contributed by atoms with Crippen molar-refractivity contribution in [2.75, 3.05) is 20.8 Å². The first-order valence-electron chi connectivity index (χ1n) is 6.75. The predicted octanol–water partition coefficient (Wildman–Crippen LogP) is 4.01. The predicted molar refractivity (Wildman–Crippen MR) is 89.5 cm³/mol. The highest BCUT2D eigenvalue weighted by Crippen LogP contribution is 2.41. The van der Waals surface area contributed by atoms with E-state index in [9.17, 15) is 0 Å². The normalized spacial score (nSPS) is 12.2. The standard InChI is InChI=1S/C15H19BrN2O2S/c1-4-7-18-14(12-8-17-9-21-12)10-5-6-11(19-2)13(16)15(10)20-3/h5-6,8-9,14,18H,4,7H2,1-3H3. The van der Waals surface area contributed by atoms with Gasteiger partial charge >= 0.3 is 0 Å². The fraction of sp³-hybridized carbons (Fsp3) is 0.400. The molecule has 0 saturated carbocycles. The third-order valence-electron chi connectivity index (χ3n) is 3.16. The zero-order chi connectivity index (χ0) is 15.2. The summed E-state index contributed by atoms with van der Waals surface area (Å²) in [6.45, 7) is 3.08. The monoisotopic (exact) mass is 370 g/mol. The van der Waals surface area contributed by atoms with Crippen molar-refractivity contribution in [3.8, 4) is 11.5 Å². The van der Waals surface area contributed by atoms with Gasteiger partial charge in [-0.3, -0.25) is 4.98 Å². The molecule has 0 bridgehead atoms. The second-order valence-corrected chi connectivity index (χ2v) is 6.21. The molecule has 2 aromatic rings. The van der Waals surface area contributed by atoms with Gasteiger partial charge in [0.05, 0.1) is 25.8 Å². The molecule has 0 saturated heterocycles. The van der Waals surface area contributed by atoms with Crippen LogP contribution in [0.5, 0.6) is 11.5 Å². The first kappa shape index (κ1) is 16.3. The smallest absolute Gasteiger partial charge is 0.141 e. The van der Waals surface area contributed by atoms with Crippen LogP contribution in [0.1, 0.15) is 29.8 Å². The van der Waals surface area contributed by atoms with E-state index in [-0.39, 0.29) is 6.04 Å². The summed E-state index contributed by atoms with van der Waals surface area (Å²) in [7, 11) is 3.32. The van der Waals surface area contributed by atoms with Crippen molar-refractivity contribution in [3.63, 3.8) is 0 Å². The summed E-state index contributed by atoms with van der Waals surface area (Å²) in [4.78, 5) is 5.36. The summed E-state index contributed by atoms with van der Waals surface area (Å²) in [5.74, 6) is 1.55. The summed E-state index contributed by atoms with van der Waals surface area (Å²) >= 11 is 5.20. The Morgan fingerprint density at radius 3 is 2.71 bits per heavy atom. The lowest BCUT2D eigenvalue weighted by Gasteiger charge is -2.21. The Morgan fingerprint density at radius 2 is 2.14 bits per heavy atom. The number of halogens is 1. The van der Waals surface area contributed by atoms with E-state index in [1.807, 2.05) is 23.8 Å². The van der Waals surface area contributed by atoms with E-state index in [0.717, 1.165) is 34.5 Å². The lowest BCUT2D eigenvalue weighted by Crippen LogP contribution is -2.23. The van der Waals surface area contributed by atoms with Crippen LogP contribution in [0.15, 0.2) is 28.3 Å². The molecule has 0 amide bonds. The molecule has 21 heavy (non-hydrogen) atoms. The van der Waals surface area contributed by atoms with Crippen LogP contribution in [0.2, 0.25) is 0 Å². The van der Waals surface area contributed by atoms with Crippen LogP contribution in [-0.4, -0.2) is 25.7 Å². The number of ether oxygens (including phenoxy) is 2. The molecule has 114 valence electrons. The molecule has 0 radical (unpaired) electrons. The molecule has 0 aliphatic rings. The molecule has 0 fully saturated rings. The van der Waals surface area contributed by atoms with Gasteiger partial charge < -0.3 is 14.8 Å². The Bertz CT molecular complexity index is 575. The van der Waals surface area contributed by atoms with Gasteiger partial charge in [-0.05, 0) is 41.0 Å². The molecule has 1 unspecified atom stereocenters. The van der Waals surface area contributed by atoms with Crippen molar-refractivity contribution in [2.24, 2.45) is 0 Å². The summed E-state index contributed by atoms with van der Waals surface area (Å²) in [6.07, 6.45) is 2.96. The number of thiazole rings is 1. The molecule has 2 rings (SSSR count). The Kier molecular flexibility index (Phi) is 6.02. The van der Waals surface area contributed by atoms with Crippen molar-refractivity contribution in [2.45, 2.75) is 19.4 Å². The largest absolute Gasteiger partial charge is 0.495 e. The van der Waals surface area contributed by atoms with Gasteiger partial charge in [0.2, 0.25) is 0 Å². The van der Waals surface area contributed by atoms with E-state index < -0.39 is 0 Å². The van der Waals surface area contributed by atoms with Crippen LogP contribution in [-0.2, 0) is 0 Å². The summed E-state index contributed by atoms with van der Waals surface area (Å²) < 4.78 is 11.8. The molecule has 1 atom stereocenters. The Labute approximate surface area is 137 Å². The van der Waals surface area contributed by atoms with Gasteiger partial charge in [0.25, 0.3) is 0 Å². The van der Waals surface area contributed by atoms with E-state index in [0.29, 0.717) is 0 Å². The summed E-state index contributed by atoms with van der Waals surface area (Å²) in [6, 6.07) is 4.05. The number of benzene rings is 1. The highest BCUT2D eigenvalue weighted by atomic mass is 79.9. The number of methoxy groups -OCH3 is 2. The molecular weight excluding hydrogens is 352 g/mol. The number of aromatic nitrogens is 1. The minimum atomic E-state index is 0.0645. The quantitative estimate of drug-likeness (QED) is 0.799. The van der Waals surface area contributed by atoms with Crippen molar-refractivity contribution in [1.82, 2.24) is 10.3 Å². The van der Waals surface area contributed by atoms with Gasteiger partial charge in [0, 0.05) is 16.6 Å². The van der Waals surface area contributed by atoms with Crippen LogP contribution in [0.25, 0.3) is 0 Å². The fourth-order valence-electron chi connectivity index (χ4n) is 2.17. The summed E-state index contributed by atoms with van der Waals surface area (Å²) in [5, 5.41) is 3.56. The number of rotatable bonds is 7. The third-order valence-corrected chi connectivity index (χ3v) is 4.75. The Hall–Kier alpha value is -1.11. The first-order valence-corrected chi connectivity index (χ1v) is 8.42. The molecule has 0 aliphatic carbocycles. The lowest BCUT2D eigenvalue weighted by atomic mass is 10.0. The van der Waals surface area contributed by atoms with Crippen LogP contribution in [0.4, 0.5) is 0 Å². The van der Waals surface area contributed by atoms with Gasteiger partial charge in [-0.2, -0.15) is 0 Å². The minimum Gasteiger partial charge on any atom is -0.495 e. The van der Waals surface area contributed by atoms with Gasteiger partial charge in [0.1, 0.15) is 16.0 Å².